The molecule has 23 heavy (non-hydrogen) atoms. The van der Waals surface area contributed by atoms with E-state index in [-0.39, 0.29) is 30.0 Å². The largest absolute Gasteiger partial charge is 0.357 e. The van der Waals surface area contributed by atoms with E-state index in [0.29, 0.717) is 6.04 Å². The van der Waals surface area contributed by atoms with Gasteiger partial charge in [-0.2, -0.15) is 0 Å². The molecule has 4 nitrogen and oxygen atoms in total. The smallest absolute Gasteiger partial charge is 0.191 e. The molecule has 1 aromatic carbocycles. The van der Waals surface area contributed by atoms with Crippen LogP contribution in [0.25, 0.3) is 0 Å². The molecule has 0 aromatic heterocycles. The van der Waals surface area contributed by atoms with E-state index in [9.17, 15) is 0 Å². The normalized spacial score (nSPS) is 13.0. The van der Waals surface area contributed by atoms with Gasteiger partial charge in [-0.05, 0) is 52.4 Å². The van der Waals surface area contributed by atoms with Gasteiger partial charge in [-0.25, -0.2) is 0 Å². The van der Waals surface area contributed by atoms with Gasteiger partial charge >= 0.3 is 0 Å². The summed E-state index contributed by atoms with van der Waals surface area (Å²) >= 11 is 0. The average molecular weight is 432 g/mol. The fourth-order valence-electron chi connectivity index (χ4n) is 2.31. The molecule has 0 radical (unpaired) electrons. The van der Waals surface area contributed by atoms with E-state index in [0.717, 1.165) is 25.5 Å². The Morgan fingerprint density at radius 2 is 1.74 bits per heavy atom. The van der Waals surface area contributed by atoms with Crippen LogP contribution in [-0.2, 0) is 6.42 Å². The van der Waals surface area contributed by atoms with E-state index in [4.69, 9.17) is 4.99 Å². The molecule has 132 valence electrons. The SMILES string of the molecule is CCNC(=NCC(c1ccc(CC)cc1)N(C)C)NC(C)C.I. The Labute approximate surface area is 159 Å². The Morgan fingerprint density at radius 1 is 1.13 bits per heavy atom. The van der Waals surface area contributed by atoms with Crippen LogP contribution in [0.4, 0.5) is 0 Å². The molecular formula is C18H33IN4. The summed E-state index contributed by atoms with van der Waals surface area (Å²) in [5.41, 5.74) is 2.69. The maximum atomic E-state index is 4.75. The predicted molar refractivity (Wildman–Crippen MR) is 112 cm³/mol. The third-order valence-electron chi connectivity index (χ3n) is 3.59. The number of aryl methyl sites for hydroxylation is 1. The molecule has 1 aromatic rings. The van der Waals surface area contributed by atoms with Crippen molar-refractivity contribution in [1.82, 2.24) is 15.5 Å². The first-order valence-corrected chi connectivity index (χ1v) is 8.28. The first-order valence-electron chi connectivity index (χ1n) is 8.28. The zero-order valence-electron chi connectivity index (χ0n) is 15.4. The topological polar surface area (TPSA) is 39.7 Å². The van der Waals surface area contributed by atoms with Crippen molar-refractivity contribution in [2.45, 2.75) is 46.2 Å². The molecule has 5 heteroatoms. The monoisotopic (exact) mass is 432 g/mol. The Bertz CT molecular complexity index is 455. The van der Waals surface area contributed by atoms with Gasteiger partial charge in [-0.1, -0.05) is 31.2 Å². The van der Waals surface area contributed by atoms with Crippen molar-refractivity contribution in [1.29, 1.82) is 0 Å². The molecule has 0 spiro atoms. The van der Waals surface area contributed by atoms with Gasteiger partial charge in [0, 0.05) is 12.6 Å². The number of hydrogen-bond acceptors (Lipinski definition) is 2. The fourth-order valence-corrected chi connectivity index (χ4v) is 2.31. The van der Waals surface area contributed by atoms with Crippen molar-refractivity contribution in [3.63, 3.8) is 0 Å². The number of aliphatic imine (C=N–C) groups is 1. The zero-order valence-corrected chi connectivity index (χ0v) is 17.7. The summed E-state index contributed by atoms with van der Waals surface area (Å²) < 4.78 is 0. The lowest BCUT2D eigenvalue weighted by Crippen LogP contribution is -2.41. The summed E-state index contributed by atoms with van der Waals surface area (Å²) in [7, 11) is 4.22. The van der Waals surface area contributed by atoms with E-state index in [2.05, 4.69) is 81.6 Å². The van der Waals surface area contributed by atoms with E-state index >= 15 is 0 Å². The van der Waals surface area contributed by atoms with E-state index < -0.39 is 0 Å². The van der Waals surface area contributed by atoms with Crippen LogP contribution in [0.3, 0.4) is 0 Å². The molecule has 0 amide bonds. The fraction of sp³-hybridized carbons (Fsp3) is 0.611. The van der Waals surface area contributed by atoms with Gasteiger partial charge in [0.05, 0.1) is 12.6 Å². The minimum atomic E-state index is 0. The molecule has 1 rings (SSSR count). The van der Waals surface area contributed by atoms with E-state index in [1.54, 1.807) is 0 Å². The predicted octanol–water partition coefficient (Wildman–Crippen LogP) is 3.43. The highest BCUT2D eigenvalue weighted by Gasteiger charge is 2.14. The van der Waals surface area contributed by atoms with E-state index in [1.165, 1.54) is 11.1 Å². The van der Waals surface area contributed by atoms with Gasteiger partial charge in [-0.15, -0.1) is 24.0 Å². The standard InChI is InChI=1S/C18H32N4.HI/c1-7-15-9-11-16(12-10-15)17(22(5)6)13-20-18(19-8-2)21-14(3)4;/h9-12,14,17H,7-8,13H2,1-6H3,(H2,19,20,21);1H. The van der Waals surface area contributed by atoms with Crippen LogP contribution in [0, 0.1) is 0 Å². The Kier molecular flexibility index (Phi) is 11.3. The number of rotatable bonds is 7. The van der Waals surface area contributed by atoms with Crippen molar-refractivity contribution in [2.24, 2.45) is 4.99 Å². The van der Waals surface area contributed by atoms with Crippen LogP contribution < -0.4 is 10.6 Å². The molecule has 0 saturated carbocycles. The molecule has 2 N–H and O–H groups in total. The summed E-state index contributed by atoms with van der Waals surface area (Å²) in [6.45, 7) is 10.1. The molecule has 0 fully saturated rings. The van der Waals surface area contributed by atoms with Gasteiger partial charge < -0.3 is 15.5 Å². The quantitative estimate of drug-likeness (QED) is 0.394. The highest BCUT2D eigenvalue weighted by atomic mass is 127. The number of nitrogens with zero attached hydrogens (tertiary/aromatic N) is 2. The van der Waals surface area contributed by atoms with Crippen molar-refractivity contribution < 1.29 is 0 Å². The molecule has 0 aliphatic heterocycles. The molecule has 1 atom stereocenters. The first-order chi connectivity index (χ1) is 10.5. The number of halogens is 1. The summed E-state index contributed by atoms with van der Waals surface area (Å²) in [5.74, 6) is 0.884. The molecule has 0 aliphatic carbocycles. The zero-order chi connectivity index (χ0) is 16.5. The molecule has 0 heterocycles. The third-order valence-corrected chi connectivity index (χ3v) is 3.59. The lowest BCUT2D eigenvalue weighted by atomic mass is 10.0. The van der Waals surface area contributed by atoms with Crippen LogP contribution in [0.15, 0.2) is 29.3 Å². The van der Waals surface area contributed by atoms with E-state index in [1.807, 2.05) is 0 Å². The number of nitrogens with one attached hydrogen (secondary N) is 2. The van der Waals surface area contributed by atoms with Crippen LogP contribution in [0.5, 0.6) is 0 Å². The van der Waals surface area contributed by atoms with Crippen LogP contribution in [0.2, 0.25) is 0 Å². The van der Waals surface area contributed by atoms with Gasteiger partial charge in [-0.3, -0.25) is 4.99 Å². The average Bonchev–Trinajstić information content (AvgIpc) is 2.47. The van der Waals surface area contributed by atoms with Gasteiger partial charge in [0.2, 0.25) is 0 Å². The lowest BCUT2D eigenvalue weighted by molar-refractivity contribution is 0.306. The lowest BCUT2D eigenvalue weighted by Gasteiger charge is -2.24. The number of likely N-dealkylation sites (N-methyl/N-ethyl adjacent to an activating group) is 1. The van der Waals surface area contributed by atoms with Gasteiger partial charge in [0.1, 0.15) is 0 Å². The van der Waals surface area contributed by atoms with Gasteiger partial charge in [0.15, 0.2) is 5.96 Å². The van der Waals surface area contributed by atoms with Crippen molar-refractivity contribution in [3.05, 3.63) is 35.4 Å². The number of benzene rings is 1. The Balaban J connectivity index is 0.00000484. The second kappa shape index (κ2) is 11.7. The van der Waals surface area contributed by atoms with Crippen LogP contribution >= 0.6 is 24.0 Å². The summed E-state index contributed by atoms with van der Waals surface area (Å²) in [6, 6.07) is 9.54. The maximum absolute atomic E-state index is 4.75. The minimum Gasteiger partial charge on any atom is -0.357 e. The Morgan fingerprint density at radius 3 is 2.17 bits per heavy atom. The molecule has 0 saturated heterocycles. The molecular weight excluding hydrogens is 399 g/mol. The van der Waals surface area contributed by atoms with Crippen LogP contribution in [-0.4, -0.2) is 44.1 Å². The molecule has 0 aliphatic rings. The highest BCUT2D eigenvalue weighted by molar-refractivity contribution is 14.0. The minimum absolute atomic E-state index is 0. The summed E-state index contributed by atoms with van der Waals surface area (Å²) in [5, 5.41) is 6.66. The number of hydrogen-bond donors (Lipinski definition) is 2. The highest BCUT2D eigenvalue weighted by Crippen LogP contribution is 2.19. The second-order valence-corrected chi connectivity index (χ2v) is 6.09. The molecule has 1 unspecified atom stereocenters. The maximum Gasteiger partial charge on any atom is 0.191 e. The second-order valence-electron chi connectivity index (χ2n) is 6.09. The summed E-state index contributed by atoms with van der Waals surface area (Å²) in [4.78, 5) is 6.97. The third kappa shape index (κ3) is 8.01. The first kappa shape index (κ1) is 22.2. The Hall–Kier alpha value is -0.820. The number of guanidine groups is 1. The summed E-state index contributed by atoms with van der Waals surface area (Å²) in [6.07, 6.45) is 1.08. The van der Waals surface area contributed by atoms with Crippen molar-refractivity contribution in [2.75, 3.05) is 27.2 Å². The van der Waals surface area contributed by atoms with Gasteiger partial charge in [0.25, 0.3) is 0 Å². The van der Waals surface area contributed by atoms with Crippen molar-refractivity contribution >= 4 is 29.9 Å². The molecule has 0 bridgehead atoms. The van der Waals surface area contributed by atoms with Crippen LogP contribution in [0.1, 0.15) is 44.9 Å². The van der Waals surface area contributed by atoms with Crippen molar-refractivity contribution in [3.8, 4) is 0 Å².